The first kappa shape index (κ1) is 32.0. The molecule has 0 radical (unpaired) electrons. The second kappa shape index (κ2) is 12.9. The molecule has 0 N–H and O–H groups in total. The van der Waals surface area contributed by atoms with Gasteiger partial charge in [-0.3, -0.25) is 0 Å². The number of hydrogen-bond acceptors (Lipinski definition) is 3. The monoisotopic (exact) mass is 714 g/mol. The third-order valence-electron chi connectivity index (χ3n) is 11.3. The van der Waals surface area contributed by atoms with Gasteiger partial charge in [0, 0.05) is 27.5 Å². The second-order valence-corrected chi connectivity index (χ2v) is 14.4. The van der Waals surface area contributed by atoms with E-state index in [0.717, 1.165) is 27.8 Å². The number of benzene rings is 8. The van der Waals surface area contributed by atoms with Gasteiger partial charge in [0.25, 0.3) is 0 Å². The molecule has 0 spiro atoms. The van der Waals surface area contributed by atoms with Gasteiger partial charge in [0.15, 0.2) is 17.5 Å². The molecular weight excluding hydrogens is 681 g/mol. The van der Waals surface area contributed by atoms with Crippen LogP contribution in [0.15, 0.2) is 206 Å². The highest BCUT2D eigenvalue weighted by Gasteiger charge is 2.45. The largest absolute Gasteiger partial charge is 0.309 e. The molecule has 0 unspecified atom stereocenters. The molecule has 0 atom stereocenters. The summed E-state index contributed by atoms with van der Waals surface area (Å²) in [6.07, 6.45) is 0. The zero-order valence-corrected chi connectivity index (χ0v) is 30.4. The summed E-state index contributed by atoms with van der Waals surface area (Å²) in [5.41, 5.74) is 13.2. The summed E-state index contributed by atoms with van der Waals surface area (Å²) in [5.74, 6) is 1.94. The Morgan fingerprint density at radius 3 is 1.39 bits per heavy atom. The van der Waals surface area contributed by atoms with E-state index >= 15 is 0 Å². The zero-order chi connectivity index (χ0) is 37.1. The molecule has 1 aliphatic heterocycles. The normalized spacial score (nSPS) is 12.8. The van der Waals surface area contributed by atoms with Gasteiger partial charge in [0.05, 0.1) is 22.1 Å². The van der Waals surface area contributed by atoms with Crippen LogP contribution in [0.4, 0.5) is 0 Å². The average Bonchev–Trinajstić information content (AvgIpc) is 3.63. The maximum atomic E-state index is 4.98. The van der Waals surface area contributed by atoms with Crippen molar-refractivity contribution in [2.75, 3.05) is 0 Å². The highest BCUT2D eigenvalue weighted by atomic mass is 15.0. The molecule has 8 aromatic carbocycles. The number of aromatic nitrogens is 4. The minimum absolute atomic E-state index is 0.565. The Balaban J connectivity index is 1.11. The number of para-hydroxylation sites is 2. The van der Waals surface area contributed by atoms with Crippen molar-refractivity contribution in [2.24, 2.45) is 0 Å². The van der Waals surface area contributed by atoms with Crippen molar-refractivity contribution in [3.8, 4) is 51.0 Å². The Bertz CT molecular complexity index is 2950. The van der Waals surface area contributed by atoms with E-state index in [4.69, 9.17) is 15.0 Å². The van der Waals surface area contributed by atoms with Crippen molar-refractivity contribution < 1.29 is 0 Å². The summed E-state index contributed by atoms with van der Waals surface area (Å²) in [6.45, 7) is 0. The molecule has 0 saturated heterocycles. The van der Waals surface area contributed by atoms with E-state index in [1.54, 1.807) is 0 Å². The van der Waals surface area contributed by atoms with E-state index < -0.39 is 5.41 Å². The van der Waals surface area contributed by atoms with E-state index in [1.165, 1.54) is 49.7 Å². The summed E-state index contributed by atoms with van der Waals surface area (Å²) in [6, 6.07) is 73.6. The number of rotatable bonds is 6. The predicted octanol–water partition coefficient (Wildman–Crippen LogP) is 12.3. The minimum atomic E-state index is -0.565. The molecule has 0 aliphatic carbocycles. The molecule has 3 heterocycles. The van der Waals surface area contributed by atoms with Crippen LogP contribution in [0.1, 0.15) is 22.3 Å². The van der Waals surface area contributed by atoms with Gasteiger partial charge in [0.1, 0.15) is 0 Å². The fourth-order valence-corrected chi connectivity index (χ4v) is 8.84. The van der Waals surface area contributed by atoms with E-state index in [-0.39, 0.29) is 0 Å². The van der Waals surface area contributed by atoms with Crippen LogP contribution in [0.5, 0.6) is 0 Å². The van der Waals surface area contributed by atoms with Gasteiger partial charge < -0.3 is 4.57 Å². The Labute approximate surface area is 325 Å². The van der Waals surface area contributed by atoms with E-state index in [2.05, 4.69) is 150 Å². The lowest BCUT2D eigenvalue weighted by Crippen LogP contribution is -2.35. The average molecular weight is 715 g/mol. The van der Waals surface area contributed by atoms with Crippen LogP contribution in [0.25, 0.3) is 72.8 Å². The smallest absolute Gasteiger partial charge is 0.164 e. The second-order valence-electron chi connectivity index (χ2n) is 14.4. The standard InChI is InChI=1S/C52H34N4/c1-5-16-36(17-6-1)49-53-50(37-18-7-2-8-19-37)55-51(54-49)38-30-28-35(29-31-38)39-32-33-47-45(34-39)52(40-20-9-3-10-21-40,41-22-11-4-12-23-41)44-26-15-25-43-42-24-13-14-27-46(42)56(47)48(43)44/h1-34H. The van der Waals surface area contributed by atoms with Crippen molar-refractivity contribution in [3.63, 3.8) is 0 Å². The number of hydrogen-bond donors (Lipinski definition) is 0. The third-order valence-corrected chi connectivity index (χ3v) is 11.3. The molecule has 0 fully saturated rings. The maximum Gasteiger partial charge on any atom is 0.164 e. The third kappa shape index (κ3) is 4.89. The molecule has 11 rings (SSSR count). The van der Waals surface area contributed by atoms with Gasteiger partial charge in [-0.2, -0.15) is 0 Å². The molecule has 10 aromatic rings. The Hall–Kier alpha value is -7.43. The molecule has 0 amide bonds. The lowest BCUT2D eigenvalue weighted by molar-refractivity contribution is 0.728. The van der Waals surface area contributed by atoms with Crippen LogP contribution in [0, 0.1) is 0 Å². The molecular formula is C52H34N4. The van der Waals surface area contributed by atoms with Crippen molar-refractivity contribution in [3.05, 3.63) is 229 Å². The van der Waals surface area contributed by atoms with Crippen LogP contribution in [-0.4, -0.2) is 19.5 Å². The first-order valence-corrected chi connectivity index (χ1v) is 19.0. The van der Waals surface area contributed by atoms with Gasteiger partial charge in [-0.1, -0.05) is 188 Å². The van der Waals surface area contributed by atoms with Crippen LogP contribution in [0.2, 0.25) is 0 Å². The van der Waals surface area contributed by atoms with Crippen molar-refractivity contribution in [1.29, 1.82) is 0 Å². The van der Waals surface area contributed by atoms with Crippen LogP contribution in [-0.2, 0) is 5.41 Å². The van der Waals surface area contributed by atoms with E-state index in [0.29, 0.717) is 17.5 Å². The van der Waals surface area contributed by atoms with Crippen LogP contribution >= 0.6 is 0 Å². The van der Waals surface area contributed by atoms with Gasteiger partial charge in [-0.05, 0) is 51.6 Å². The topological polar surface area (TPSA) is 43.6 Å². The first-order valence-electron chi connectivity index (χ1n) is 19.0. The molecule has 56 heavy (non-hydrogen) atoms. The molecule has 4 heteroatoms. The van der Waals surface area contributed by atoms with Crippen molar-refractivity contribution in [2.45, 2.75) is 5.41 Å². The highest BCUT2D eigenvalue weighted by molar-refractivity contribution is 6.12. The Morgan fingerprint density at radius 1 is 0.339 bits per heavy atom. The summed E-state index contributed by atoms with van der Waals surface area (Å²) >= 11 is 0. The first-order chi connectivity index (χ1) is 27.8. The molecule has 2 aromatic heterocycles. The van der Waals surface area contributed by atoms with E-state index in [1.807, 2.05) is 60.7 Å². The van der Waals surface area contributed by atoms with Gasteiger partial charge in [-0.25, -0.2) is 15.0 Å². The van der Waals surface area contributed by atoms with Crippen molar-refractivity contribution in [1.82, 2.24) is 19.5 Å². The maximum absolute atomic E-state index is 4.98. The molecule has 0 saturated carbocycles. The molecule has 0 bridgehead atoms. The van der Waals surface area contributed by atoms with Crippen LogP contribution in [0.3, 0.4) is 0 Å². The van der Waals surface area contributed by atoms with E-state index in [9.17, 15) is 0 Å². The minimum Gasteiger partial charge on any atom is -0.309 e. The van der Waals surface area contributed by atoms with Crippen LogP contribution < -0.4 is 0 Å². The molecule has 1 aliphatic rings. The van der Waals surface area contributed by atoms with Gasteiger partial charge >= 0.3 is 0 Å². The summed E-state index contributed by atoms with van der Waals surface area (Å²) in [4.78, 5) is 14.9. The fraction of sp³-hybridized carbons (Fsp3) is 0.0192. The summed E-state index contributed by atoms with van der Waals surface area (Å²) < 4.78 is 2.49. The lowest BCUT2D eigenvalue weighted by atomic mass is 9.63. The molecule has 262 valence electrons. The Morgan fingerprint density at radius 2 is 0.804 bits per heavy atom. The SMILES string of the molecule is c1ccc(-c2nc(-c3ccccc3)nc(-c3ccc(-c4ccc5c(c4)C(c4ccccc4)(c4ccccc4)c4cccc6c7ccccc7n-5c46)cc3)n2)cc1. The number of fused-ring (bicyclic) bond motifs is 5. The highest BCUT2D eigenvalue weighted by Crippen LogP contribution is 2.54. The fourth-order valence-electron chi connectivity index (χ4n) is 8.84. The quantitative estimate of drug-likeness (QED) is 0.172. The summed E-state index contributed by atoms with van der Waals surface area (Å²) in [7, 11) is 0. The molecule has 4 nitrogen and oxygen atoms in total. The summed E-state index contributed by atoms with van der Waals surface area (Å²) in [5, 5.41) is 2.53. The lowest BCUT2D eigenvalue weighted by Gasteiger charge is -2.42. The Kier molecular flexibility index (Phi) is 7.36. The predicted molar refractivity (Wildman–Crippen MR) is 228 cm³/mol. The van der Waals surface area contributed by atoms with Gasteiger partial charge in [0.2, 0.25) is 0 Å². The number of nitrogens with zero attached hydrogens (tertiary/aromatic N) is 4. The van der Waals surface area contributed by atoms with Gasteiger partial charge in [-0.15, -0.1) is 0 Å². The van der Waals surface area contributed by atoms with Crippen molar-refractivity contribution >= 4 is 21.8 Å². The zero-order valence-electron chi connectivity index (χ0n) is 30.4.